The van der Waals surface area contributed by atoms with Crippen molar-refractivity contribution >= 4 is 40.8 Å². The number of benzene rings is 2. The second-order valence-corrected chi connectivity index (χ2v) is 10.6. The molecule has 1 amide bonds. The Morgan fingerprint density at radius 3 is 2.31 bits per heavy atom. The fourth-order valence-electron chi connectivity index (χ4n) is 4.53. The zero-order valence-corrected chi connectivity index (χ0v) is 22.6. The number of anilines is 2. The van der Waals surface area contributed by atoms with Crippen LogP contribution in [0.2, 0.25) is 5.15 Å². The van der Waals surface area contributed by atoms with Gasteiger partial charge in [0.25, 0.3) is 5.91 Å². The Morgan fingerprint density at radius 1 is 0.923 bits per heavy atom. The number of carbonyl (C=O) groups is 1. The summed E-state index contributed by atoms with van der Waals surface area (Å²) in [6.45, 7) is 4.62. The number of thioether (sulfide) groups is 1. The van der Waals surface area contributed by atoms with Gasteiger partial charge in [0.15, 0.2) is 5.16 Å². The third kappa shape index (κ3) is 6.95. The zero-order valence-electron chi connectivity index (χ0n) is 21.0. The molecular formula is C27H27ClF3N5O2S. The van der Waals surface area contributed by atoms with Gasteiger partial charge in [-0.3, -0.25) is 4.79 Å². The van der Waals surface area contributed by atoms with Crippen molar-refractivity contribution in [2.45, 2.75) is 17.1 Å². The maximum Gasteiger partial charge on any atom is 0.416 e. The minimum Gasteiger partial charge on any atom is -0.378 e. The number of hydrogen-bond acceptors (Lipinski definition) is 7. The summed E-state index contributed by atoms with van der Waals surface area (Å²) in [4.78, 5) is 27.5. The Labute approximate surface area is 233 Å². The van der Waals surface area contributed by atoms with E-state index >= 15 is 0 Å². The molecular weight excluding hydrogens is 551 g/mol. The molecule has 2 saturated heterocycles. The van der Waals surface area contributed by atoms with Crippen LogP contribution in [-0.4, -0.2) is 73.3 Å². The third-order valence-electron chi connectivity index (χ3n) is 6.67. The van der Waals surface area contributed by atoms with Gasteiger partial charge in [-0.2, -0.15) is 13.2 Å². The van der Waals surface area contributed by atoms with Crippen LogP contribution >= 0.6 is 23.4 Å². The molecule has 0 atom stereocenters. The van der Waals surface area contributed by atoms with Crippen LogP contribution in [0, 0.1) is 0 Å². The second kappa shape index (κ2) is 12.0. The summed E-state index contributed by atoms with van der Waals surface area (Å²) in [6.07, 6.45) is -4.37. The van der Waals surface area contributed by atoms with Crippen LogP contribution in [0.5, 0.6) is 0 Å². The number of rotatable bonds is 6. The summed E-state index contributed by atoms with van der Waals surface area (Å²) in [5.41, 5.74) is 1.58. The predicted molar refractivity (Wildman–Crippen MR) is 146 cm³/mol. The minimum absolute atomic E-state index is 0.00785. The molecule has 0 unspecified atom stereocenters. The smallest absolute Gasteiger partial charge is 0.378 e. The SMILES string of the molecule is O=C(c1ccc(CSc2nc(Cl)cc(N3CCN(c4cccc(C(F)(F)F)c4)CC3)n2)cc1)N1CCOCC1. The number of hydrogen-bond donors (Lipinski definition) is 0. The maximum atomic E-state index is 13.1. The molecule has 2 fully saturated rings. The van der Waals surface area contributed by atoms with Gasteiger partial charge in [-0.15, -0.1) is 0 Å². The van der Waals surface area contributed by atoms with Gasteiger partial charge < -0.3 is 19.4 Å². The Morgan fingerprint density at radius 2 is 1.62 bits per heavy atom. The number of carbonyl (C=O) groups excluding carboxylic acids is 1. The summed E-state index contributed by atoms with van der Waals surface area (Å²) in [6, 6.07) is 14.7. The lowest BCUT2D eigenvalue weighted by Gasteiger charge is -2.37. The molecule has 2 aromatic carbocycles. The van der Waals surface area contributed by atoms with Crippen molar-refractivity contribution in [2.75, 3.05) is 62.3 Å². The highest BCUT2D eigenvalue weighted by molar-refractivity contribution is 7.98. The summed E-state index contributed by atoms with van der Waals surface area (Å²) >= 11 is 7.75. The number of ether oxygens (including phenoxy) is 1. The van der Waals surface area contributed by atoms with E-state index in [1.165, 1.54) is 23.9 Å². The molecule has 0 spiro atoms. The van der Waals surface area contributed by atoms with E-state index in [-0.39, 0.29) is 5.91 Å². The lowest BCUT2D eigenvalue weighted by molar-refractivity contribution is -0.137. The van der Waals surface area contributed by atoms with Crippen molar-refractivity contribution in [1.82, 2.24) is 14.9 Å². The summed E-state index contributed by atoms with van der Waals surface area (Å²) in [7, 11) is 0. The van der Waals surface area contributed by atoms with Crippen molar-refractivity contribution in [3.05, 3.63) is 76.4 Å². The van der Waals surface area contributed by atoms with Crippen LogP contribution in [0.4, 0.5) is 24.7 Å². The Hall–Kier alpha value is -3.02. The van der Waals surface area contributed by atoms with Gasteiger partial charge in [-0.05, 0) is 35.9 Å². The van der Waals surface area contributed by atoms with E-state index in [4.69, 9.17) is 16.3 Å². The molecule has 39 heavy (non-hydrogen) atoms. The Kier molecular flexibility index (Phi) is 8.49. The van der Waals surface area contributed by atoms with E-state index in [1.54, 1.807) is 17.0 Å². The second-order valence-electron chi connectivity index (χ2n) is 9.24. The molecule has 3 aromatic rings. The van der Waals surface area contributed by atoms with Crippen LogP contribution in [-0.2, 0) is 16.7 Å². The minimum atomic E-state index is -4.37. The largest absolute Gasteiger partial charge is 0.416 e. The molecule has 206 valence electrons. The molecule has 2 aliphatic rings. The van der Waals surface area contributed by atoms with Crippen molar-refractivity contribution in [1.29, 1.82) is 0 Å². The highest BCUT2D eigenvalue weighted by Crippen LogP contribution is 2.32. The molecule has 0 aliphatic carbocycles. The molecule has 0 bridgehead atoms. The third-order valence-corrected chi connectivity index (χ3v) is 7.78. The van der Waals surface area contributed by atoms with E-state index in [0.717, 1.165) is 11.6 Å². The monoisotopic (exact) mass is 577 g/mol. The molecule has 1 aromatic heterocycles. The number of alkyl halides is 3. The van der Waals surface area contributed by atoms with Crippen molar-refractivity contribution in [2.24, 2.45) is 0 Å². The van der Waals surface area contributed by atoms with Gasteiger partial charge in [0, 0.05) is 62.3 Å². The van der Waals surface area contributed by atoms with E-state index < -0.39 is 11.7 Å². The Balaban J connectivity index is 1.18. The van der Waals surface area contributed by atoms with Crippen LogP contribution in [0.15, 0.2) is 59.8 Å². The molecule has 0 saturated carbocycles. The number of piperazine rings is 1. The Bertz CT molecular complexity index is 1300. The first-order valence-corrected chi connectivity index (χ1v) is 13.9. The molecule has 5 rings (SSSR count). The van der Waals surface area contributed by atoms with E-state index in [9.17, 15) is 18.0 Å². The van der Waals surface area contributed by atoms with Gasteiger partial charge >= 0.3 is 6.18 Å². The van der Waals surface area contributed by atoms with Gasteiger partial charge in [0.2, 0.25) is 0 Å². The van der Waals surface area contributed by atoms with E-state index in [1.807, 2.05) is 29.2 Å². The van der Waals surface area contributed by atoms with Crippen LogP contribution in [0.1, 0.15) is 21.5 Å². The number of halogens is 4. The fourth-order valence-corrected chi connectivity index (χ4v) is 5.56. The number of amides is 1. The lowest BCUT2D eigenvalue weighted by Crippen LogP contribution is -2.47. The maximum absolute atomic E-state index is 13.1. The first kappa shape index (κ1) is 27.5. The van der Waals surface area contributed by atoms with Crippen LogP contribution < -0.4 is 9.80 Å². The van der Waals surface area contributed by atoms with Gasteiger partial charge in [0.05, 0.1) is 18.8 Å². The van der Waals surface area contributed by atoms with Gasteiger partial charge in [-0.25, -0.2) is 9.97 Å². The predicted octanol–water partition coefficient (Wildman–Crippen LogP) is 5.24. The van der Waals surface area contributed by atoms with Crippen molar-refractivity contribution in [3.63, 3.8) is 0 Å². The first-order chi connectivity index (χ1) is 18.8. The lowest BCUT2D eigenvalue weighted by atomic mass is 10.1. The van der Waals surface area contributed by atoms with Crippen LogP contribution in [0.25, 0.3) is 0 Å². The zero-order chi connectivity index (χ0) is 27.4. The van der Waals surface area contributed by atoms with Gasteiger partial charge in [-0.1, -0.05) is 41.6 Å². The average molecular weight is 578 g/mol. The quantitative estimate of drug-likeness (QED) is 0.226. The summed E-state index contributed by atoms with van der Waals surface area (Å²) in [5, 5.41) is 0.862. The standard InChI is InChI=1S/C27H27ClF3N5O2S/c28-23-17-24(35-10-8-34(9-11-35)22-3-1-2-21(16-22)27(29,30)31)33-26(32-23)39-18-19-4-6-20(7-5-19)25(37)36-12-14-38-15-13-36/h1-7,16-17H,8-15,18H2. The van der Waals surface area contributed by atoms with Crippen LogP contribution in [0.3, 0.4) is 0 Å². The first-order valence-electron chi connectivity index (χ1n) is 12.6. The molecule has 2 aliphatic heterocycles. The number of nitrogens with zero attached hydrogens (tertiary/aromatic N) is 5. The summed E-state index contributed by atoms with van der Waals surface area (Å²) < 4.78 is 44.6. The highest BCUT2D eigenvalue weighted by atomic mass is 35.5. The van der Waals surface area contributed by atoms with Crippen molar-refractivity contribution in [3.8, 4) is 0 Å². The van der Waals surface area contributed by atoms with E-state index in [0.29, 0.717) is 85.6 Å². The normalized spacial score (nSPS) is 16.5. The topological polar surface area (TPSA) is 61.8 Å². The number of aromatic nitrogens is 2. The van der Waals surface area contributed by atoms with Crippen molar-refractivity contribution < 1.29 is 22.7 Å². The highest BCUT2D eigenvalue weighted by Gasteiger charge is 2.31. The molecule has 3 heterocycles. The molecule has 0 radical (unpaired) electrons. The summed E-state index contributed by atoms with van der Waals surface area (Å²) in [5.74, 6) is 1.30. The van der Waals surface area contributed by atoms with Gasteiger partial charge in [0.1, 0.15) is 11.0 Å². The van der Waals surface area contributed by atoms with E-state index in [2.05, 4.69) is 14.9 Å². The number of morpholine rings is 1. The fraction of sp³-hybridized carbons (Fsp3) is 0.370. The molecule has 0 N–H and O–H groups in total. The molecule has 7 nitrogen and oxygen atoms in total. The average Bonchev–Trinajstić information content (AvgIpc) is 2.96. The molecule has 12 heteroatoms.